The van der Waals surface area contributed by atoms with Gasteiger partial charge in [-0.25, -0.2) is 4.39 Å². The third kappa shape index (κ3) is 2.20. The van der Waals surface area contributed by atoms with Crippen LogP contribution in [0.2, 0.25) is 0 Å². The van der Waals surface area contributed by atoms with Gasteiger partial charge in [-0.3, -0.25) is 0 Å². The van der Waals surface area contributed by atoms with E-state index in [9.17, 15) is 8.78 Å². The van der Waals surface area contributed by atoms with Gasteiger partial charge in [-0.05, 0) is 12.1 Å². The highest BCUT2D eigenvalue weighted by Crippen LogP contribution is 2.40. The molecule has 2 aromatic rings. The highest BCUT2D eigenvalue weighted by molar-refractivity contribution is 5.63. The molecule has 0 radical (unpaired) electrons. The number of ether oxygens (including phenoxy) is 3. The molecule has 0 atom stereocenters. The van der Waals surface area contributed by atoms with E-state index in [1.807, 2.05) is 0 Å². The van der Waals surface area contributed by atoms with Crippen molar-refractivity contribution in [2.24, 2.45) is 0 Å². The van der Waals surface area contributed by atoms with Gasteiger partial charge in [0, 0.05) is 12.1 Å². The van der Waals surface area contributed by atoms with Gasteiger partial charge >= 0.3 is 0 Å². The highest BCUT2D eigenvalue weighted by atomic mass is 19.2. The maximum atomic E-state index is 13.6. The number of hydrogen-bond donors (Lipinski definition) is 1. The fourth-order valence-electron chi connectivity index (χ4n) is 1.86. The average Bonchev–Trinajstić information content (AvgIpc) is 2.44. The highest BCUT2D eigenvalue weighted by Gasteiger charge is 2.17. The van der Waals surface area contributed by atoms with Gasteiger partial charge in [0.25, 0.3) is 0 Å². The van der Waals surface area contributed by atoms with Gasteiger partial charge in [-0.15, -0.1) is 0 Å². The summed E-state index contributed by atoms with van der Waals surface area (Å²) < 4.78 is 42.7. The Morgan fingerprint density at radius 3 is 2.45 bits per heavy atom. The largest absolute Gasteiger partial charge is 0.486 e. The van der Waals surface area contributed by atoms with Crippen LogP contribution in [0.3, 0.4) is 0 Å². The third-order valence-electron chi connectivity index (χ3n) is 2.81. The minimum atomic E-state index is -1.07. The number of nitrogen functional groups attached to an aromatic ring is 1. The predicted octanol–water partition coefficient (Wildman–Crippen LogP) is 3.11. The van der Waals surface area contributed by atoms with Crippen molar-refractivity contribution < 1.29 is 23.0 Å². The average molecular weight is 279 g/mol. The minimum absolute atomic E-state index is 0.179. The lowest BCUT2D eigenvalue weighted by atomic mass is 10.2. The molecule has 0 aliphatic carbocycles. The van der Waals surface area contributed by atoms with Crippen LogP contribution in [0.4, 0.5) is 14.5 Å². The number of fused-ring (bicyclic) bond motifs is 1. The molecular weight excluding hydrogens is 268 g/mol. The van der Waals surface area contributed by atoms with E-state index in [4.69, 9.17) is 19.9 Å². The summed E-state index contributed by atoms with van der Waals surface area (Å²) in [6, 6.07) is 6.70. The molecule has 4 nitrogen and oxygen atoms in total. The Hall–Kier alpha value is -2.50. The minimum Gasteiger partial charge on any atom is -0.486 e. The molecule has 2 N–H and O–H groups in total. The first-order valence-electron chi connectivity index (χ1n) is 5.96. The van der Waals surface area contributed by atoms with Gasteiger partial charge in [0.15, 0.2) is 28.8 Å². The van der Waals surface area contributed by atoms with E-state index in [1.54, 1.807) is 0 Å². The van der Waals surface area contributed by atoms with Gasteiger partial charge in [0.2, 0.25) is 5.82 Å². The first-order chi connectivity index (χ1) is 9.65. The molecule has 3 rings (SSSR count). The van der Waals surface area contributed by atoms with E-state index in [0.29, 0.717) is 24.7 Å². The van der Waals surface area contributed by atoms with E-state index < -0.39 is 11.6 Å². The molecule has 0 bridgehead atoms. The Kier molecular flexibility index (Phi) is 3.06. The SMILES string of the molecule is Nc1cc2c(cc1Oc1cccc(F)c1F)OCCO2. The van der Waals surface area contributed by atoms with Crippen molar-refractivity contribution in [3.05, 3.63) is 42.0 Å². The molecule has 1 heterocycles. The predicted molar refractivity (Wildman–Crippen MR) is 68.3 cm³/mol. The smallest absolute Gasteiger partial charge is 0.201 e. The van der Waals surface area contributed by atoms with Gasteiger partial charge in [-0.2, -0.15) is 4.39 Å². The molecule has 0 spiro atoms. The number of halogens is 2. The van der Waals surface area contributed by atoms with E-state index in [-0.39, 0.29) is 17.2 Å². The lowest BCUT2D eigenvalue weighted by molar-refractivity contribution is 0.171. The third-order valence-corrected chi connectivity index (χ3v) is 2.81. The van der Waals surface area contributed by atoms with Gasteiger partial charge in [-0.1, -0.05) is 6.07 Å². The summed E-state index contributed by atoms with van der Waals surface area (Å²) in [7, 11) is 0. The standard InChI is InChI=1S/C14H11F2NO3/c15-8-2-1-3-10(14(8)16)20-11-7-13-12(6-9(11)17)18-4-5-19-13/h1-3,6-7H,4-5,17H2. The first-order valence-corrected chi connectivity index (χ1v) is 5.96. The van der Waals surface area contributed by atoms with Crippen LogP contribution in [0.5, 0.6) is 23.0 Å². The van der Waals surface area contributed by atoms with Crippen molar-refractivity contribution in [3.63, 3.8) is 0 Å². The fourth-order valence-corrected chi connectivity index (χ4v) is 1.86. The van der Waals surface area contributed by atoms with Crippen LogP contribution in [0.15, 0.2) is 30.3 Å². The normalized spacial score (nSPS) is 13.1. The second kappa shape index (κ2) is 4.88. The Balaban J connectivity index is 1.96. The summed E-state index contributed by atoms with van der Waals surface area (Å²) in [5.74, 6) is -1.16. The number of nitrogens with two attached hydrogens (primary N) is 1. The summed E-state index contributed by atoms with van der Waals surface area (Å²) in [6.45, 7) is 0.843. The molecular formula is C14H11F2NO3. The number of rotatable bonds is 2. The van der Waals surface area contributed by atoms with Crippen LogP contribution >= 0.6 is 0 Å². The van der Waals surface area contributed by atoms with Crippen molar-refractivity contribution in [1.29, 1.82) is 0 Å². The summed E-state index contributed by atoms with van der Waals surface area (Å²) in [5, 5.41) is 0. The molecule has 1 aliphatic rings. The van der Waals surface area contributed by atoms with Crippen LogP contribution in [0, 0.1) is 11.6 Å². The summed E-state index contributed by atoms with van der Waals surface area (Å²) in [6.07, 6.45) is 0. The number of benzene rings is 2. The van der Waals surface area contributed by atoms with E-state index in [1.165, 1.54) is 24.3 Å². The fraction of sp³-hybridized carbons (Fsp3) is 0.143. The monoisotopic (exact) mass is 279 g/mol. The second-order valence-electron chi connectivity index (χ2n) is 4.19. The van der Waals surface area contributed by atoms with Crippen LogP contribution in [-0.2, 0) is 0 Å². The van der Waals surface area contributed by atoms with Crippen molar-refractivity contribution in [2.75, 3.05) is 18.9 Å². The molecule has 2 aromatic carbocycles. The lowest BCUT2D eigenvalue weighted by Gasteiger charge is -2.20. The summed E-state index contributed by atoms with van der Waals surface area (Å²) in [5.41, 5.74) is 6.05. The molecule has 0 saturated carbocycles. The number of hydrogen-bond acceptors (Lipinski definition) is 4. The molecule has 0 amide bonds. The molecule has 0 unspecified atom stereocenters. The molecule has 104 valence electrons. The molecule has 0 aromatic heterocycles. The Labute approximate surface area is 113 Å². The van der Waals surface area contributed by atoms with Gasteiger partial charge in [0.1, 0.15) is 13.2 Å². The quantitative estimate of drug-likeness (QED) is 0.858. The topological polar surface area (TPSA) is 53.7 Å². The second-order valence-corrected chi connectivity index (χ2v) is 4.19. The molecule has 6 heteroatoms. The van der Waals surface area contributed by atoms with Crippen LogP contribution in [0.1, 0.15) is 0 Å². The summed E-state index contributed by atoms with van der Waals surface area (Å²) >= 11 is 0. The van der Waals surface area contributed by atoms with Crippen molar-refractivity contribution in [3.8, 4) is 23.0 Å². The van der Waals surface area contributed by atoms with E-state index >= 15 is 0 Å². The first kappa shape index (κ1) is 12.5. The number of anilines is 1. The Morgan fingerprint density at radius 1 is 1.00 bits per heavy atom. The zero-order valence-electron chi connectivity index (χ0n) is 10.4. The lowest BCUT2D eigenvalue weighted by Crippen LogP contribution is -2.15. The van der Waals surface area contributed by atoms with Crippen molar-refractivity contribution in [1.82, 2.24) is 0 Å². The van der Waals surface area contributed by atoms with Crippen molar-refractivity contribution >= 4 is 5.69 Å². The zero-order valence-corrected chi connectivity index (χ0v) is 10.4. The zero-order chi connectivity index (χ0) is 14.1. The molecule has 1 aliphatic heterocycles. The van der Waals surface area contributed by atoms with Gasteiger partial charge in [0.05, 0.1) is 5.69 Å². The van der Waals surface area contributed by atoms with Crippen LogP contribution < -0.4 is 19.9 Å². The Bertz CT molecular complexity index is 661. The maximum absolute atomic E-state index is 13.6. The van der Waals surface area contributed by atoms with Crippen LogP contribution in [0.25, 0.3) is 0 Å². The summed E-state index contributed by atoms with van der Waals surface area (Å²) in [4.78, 5) is 0. The van der Waals surface area contributed by atoms with Crippen molar-refractivity contribution in [2.45, 2.75) is 0 Å². The molecule has 20 heavy (non-hydrogen) atoms. The van der Waals surface area contributed by atoms with E-state index in [0.717, 1.165) is 6.07 Å². The molecule has 0 saturated heterocycles. The molecule has 0 fully saturated rings. The van der Waals surface area contributed by atoms with Crippen LogP contribution in [-0.4, -0.2) is 13.2 Å². The van der Waals surface area contributed by atoms with E-state index in [2.05, 4.69) is 0 Å². The maximum Gasteiger partial charge on any atom is 0.201 e. The Morgan fingerprint density at radius 2 is 1.70 bits per heavy atom. The van der Waals surface area contributed by atoms with Gasteiger partial charge < -0.3 is 19.9 Å².